The topological polar surface area (TPSA) is 69.0 Å². The highest BCUT2D eigenvalue weighted by molar-refractivity contribution is 6.74. The molecule has 2 aromatic rings. The molecule has 169 valence electrons. The Kier molecular flexibility index (Phi) is 5.41. The molecule has 0 unspecified atom stereocenters. The monoisotopic (exact) mass is 440 g/mol. The number of amides is 1. The number of pyridine rings is 1. The molecule has 2 aliphatic rings. The van der Waals surface area contributed by atoms with Crippen molar-refractivity contribution in [3.63, 3.8) is 0 Å². The summed E-state index contributed by atoms with van der Waals surface area (Å²) in [6.45, 7) is 16.8. The van der Waals surface area contributed by atoms with Gasteiger partial charge in [0.1, 0.15) is 5.82 Å². The number of nitrogens with zero attached hydrogens (tertiary/aromatic N) is 3. The van der Waals surface area contributed by atoms with Gasteiger partial charge in [0.25, 0.3) is 0 Å². The Morgan fingerprint density at radius 3 is 2.68 bits per heavy atom. The van der Waals surface area contributed by atoms with Gasteiger partial charge in [-0.25, -0.2) is 4.98 Å². The molecule has 0 spiro atoms. The summed E-state index contributed by atoms with van der Waals surface area (Å²) in [4.78, 5) is 17.1. The maximum absolute atomic E-state index is 12.8. The molecule has 1 N–H and O–H groups in total. The summed E-state index contributed by atoms with van der Waals surface area (Å²) in [7, 11) is -1.79. The van der Waals surface area contributed by atoms with Crippen molar-refractivity contribution in [3.8, 4) is 11.1 Å². The van der Waals surface area contributed by atoms with Crippen molar-refractivity contribution in [2.75, 3.05) is 5.32 Å². The molecular weight excluding hydrogens is 404 g/mol. The van der Waals surface area contributed by atoms with E-state index in [1.165, 1.54) is 5.69 Å². The lowest BCUT2D eigenvalue weighted by atomic mass is 9.82. The quantitative estimate of drug-likeness (QED) is 0.643. The molecule has 1 aliphatic carbocycles. The summed E-state index contributed by atoms with van der Waals surface area (Å²) in [5.41, 5.74) is 3.68. The van der Waals surface area contributed by atoms with Gasteiger partial charge >= 0.3 is 0 Å². The Balaban J connectivity index is 1.37. The van der Waals surface area contributed by atoms with E-state index in [2.05, 4.69) is 67.8 Å². The maximum atomic E-state index is 12.8. The van der Waals surface area contributed by atoms with Crippen LogP contribution in [0.5, 0.6) is 0 Å². The molecule has 4 rings (SSSR count). The lowest BCUT2D eigenvalue weighted by Gasteiger charge is -2.53. The number of rotatable bonds is 5. The molecule has 0 aromatic carbocycles. The van der Waals surface area contributed by atoms with Gasteiger partial charge in [-0.05, 0) is 50.7 Å². The zero-order valence-corrected chi connectivity index (χ0v) is 21.0. The van der Waals surface area contributed by atoms with Gasteiger partial charge in [-0.15, -0.1) is 18.1 Å². The van der Waals surface area contributed by atoms with Crippen LogP contribution in [0.1, 0.15) is 53.2 Å². The molecule has 2 aromatic heterocycles. The van der Waals surface area contributed by atoms with Crippen LogP contribution in [0.15, 0.2) is 24.5 Å². The van der Waals surface area contributed by atoms with E-state index in [0.717, 1.165) is 36.9 Å². The molecule has 0 saturated heterocycles. The number of hydrogen-bond donors (Lipinski definition) is 1. The van der Waals surface area contributed by atoms with Crippen molar-refractivity contribution >= 4 is 20.0 Å². The van der Waals surface area contributed by atoms with Crippen LogP contribution in [0.4, 0.5) is 5.82 Å². The third-order valence-electron chi connectivity index (χ3n) is 7.23. The first-order valence-electron chi connectivity index (χ1n) is 11.3. The van der Waals surface area contributed by atoms with E-state index < -0.39 is 8.32 Å². The average molecular weight is 441 g/mol. The second-order valence-electron chi connectivity index (χ2n) is 11.6. The Labute approximate surface area is 186 Å². The summed E-state index contributed by atoms with van der Waals surface area (Å²) in [6.07, 6.45) is 6.49. The Bertz CT molecular complexity index is 984. The van der Waals surface area contributed by atoms with Crippen LogP contribution in [0.2, 0.25) is 18.1 Å². The molecular formula is C24H36N4O2Si-. The Hall–Kier alpha value is -1.99. The van der Waals surface area contributed by atoms with E-state index >= 15 is 0 Å². The van der Waals surface area contributed by atoms with Gasteiger partial charge in [-0.1, -0.05) is 34.6 Å². The number of fused-ring (bicyclic) bond motifs is 1. The van der Waals surface area contributed by atoms with Crippen LogP contribution in [0.25, 0.3) is 11.1 Å². The molecule has 0 atom stereocenters. The molecule has 1 fully saturated rings. The first-order valence-corrected chi connectivity index (χ1v) is 14.3. The van der Waals surface area contributed by atoms with E-state index in [9.17, 15) is 4.79 Å². The van der Waals surface area contributed by atoms with Crippen molar-refractivity contribution in [2.24, 2.45) is 11.3 Å². The number of nitrogens with one attached hydrogen (secondary N) is 1. The van der Waals surface area contributed by atoms with Crippen LogP contribution >= 0.6 is 0 Å². The second kappa shape index (κ2) is 7.55. The molecule has 0 bridgehead atoms. The van der Waals surface area contributed by atoms with Crippen molar-refractivity contribution < 1.29 is 9.22 Å². The lowest BCUT2D eigenvalue weighted by Crippen LogP contribution is -2.49. The van der Waals surface area contributed by atoms with Crippen LogP contribution in [-0.4, -0.2) is 35.1 Å². The standard InChI is InChI=1S/C24H36N4O2Si/c1-23(2,3)31(6,7)30-18-10-17(11-18)22(29)27-21-12-16(8-9-25-21)19-14-26-28-15-24(4,5)13-20(19)28/h8-9,12,14,17-18H,10-11,13,15H2,1-7H3,(H,25,27,29)/q-1. The maximum Gasteiger partial charge on any atom is 0.228 e. The van der Waals surface area contributed by atoms with E-state index in [4.69, 9.17) is 4.43 Å². The fourth-order valence-corrected chi connectivity index (χ4v) is 5.63. The van der Waals surface area contributed by atoms with E-state index in [1.807, 2.05) is 18.3 Å². The highest BCUT2D eigenvalue weighted by atomic mass is 28.4. The average Bonchev–Trinajstić information content (AvgIpc) is 3.11. The number of carbonyl (C=O) groups is 1. The van der Waals surface area contributed by atoms with Gasteiger partial charge in [0.05, 0.1) is 6.20 Å². The Morgan fingerprint density at radius 2 is 2.00 bits per heavy atom. The van der Waals surface area contributed by atoms with Crippen molar-refractivity contribution in [1.82, 2.24) is 14.8 Å². The fourth-order valence-electron chi connectivity index (χ4n) is 4.25. The first kappa shape index (κ1) is 22.2. The summed E-state index contributed by atoms with van der Waals surface area (Å²) in [5.74, 6) is 0.649. The zero-order valence-electron chi connectivity index (χ0n) is 20.0. The summed E-state index contributed by atoms with van der Waals surface area (Å²) < 4.78 is 8.53. The van der Waals surface area contributed by atoms with Gasteiger partial charge in [0.2, 0.25) is 5.91 Å². The van der Waals surface area contributed by atoms with Gasteiger partial charge in [0, 0.05) is 36.0 Å². The minimum absolute atomic E-state index is 0.00131. The van der Waals surface area contributed by atoms with Crippen molar-refractivity contribution in [2.45, 2.75) is 84.7 Å². The first-order chi connectivity index (χ1) is 14.3. The largest absolute Gasteiger partial charge is 0.562 e. The Morgan fingerprint density at radius 1 is 1.29 bits per heavy atom. The highest BCUT2D eigenvalue weighted by Gasteiger charge is 2.38. The van der Waals surface area contributed by atoms with Crippen LogP contribution in [0.3, 0.4) is 0 Å². The van der Waals surface area contributed by atoms with Gasteiger partial charge in [0.15, 0.2) is 0 Å². The number of carbonyl (C=O) groups excluding carboxylic acids is 1. The van der Waals surface area contributed by atoms with Crippen LogP contribution < -0.4 is 5.32 Å². The molecule has 1 aliphatic heterocycles. The number of aromatic nitrogens is 3. The fraction of sp³-hybridized carbons (Fsp3) is 0.625. The SMILES string of the molecule is CC1(C)Cc2c(-c3ccnc(NC(=O)C4CC(O[Si-](C)(C)C(C)(C)C)C4)c3)cnn2C1. The highest BCUT2D eigenvalue weighted by Crippen LogP contribution is 2.42. The third-order valence-corrected chi connectivity index (χ3v) is 11.8. The molecule has 0 radical (unpaired) electrons. The molecule has 6 nitrogen and oxygen atoms in total. The number of anilines is 1. The van der Waals surface area contributed by atoms with Gasteiger partial charge < -0.3 is 9.74 Å². The minimum atomic E-state index is -1.79. The predicted octanol–water partition coefficient (Wildman–Crippen LogP) is 5.27. The van der Waals surface area contributed by atoms with Crippen LogP contribution in [-0.2, 0) is 22.2 Å². The third kappa shape index (κ3) is 4.48. The number of hydrogen-bond acceptors (Lipinski definition) is 4. The lowest BCUT2D eigenvalue weighted by molar-refractivity contribution is -0.125. The normalized spacial score (nSPS) is 22.7. The van der Waals surface area contributed by atoms with Gasteiger partial charge in [-0.2, -0.15) is 5.10 Å². The van der Waals surface area contributed by atoms with E-state index in [-0.39, 0.29) is 28.4 Å². The second-order valence-corrected chi connectivity index (χ2v) is 16.3. The van der Waals surface area contributed by atoms with Crippen LogP contribution in [0, 0.1) is 11.3 Å². The van der Waals surface area contributed by atoms with E-state index in [1.54, 1.807) is 6.20 Å². The molecule has 3 heterocycles. The predicted molar refractivity (Wildman–Crippen MR) is 126 cm³/mol. The summed E-state index contributed by atoms with van der Waals surface area (Å²) in [6, 6.07) is 3.95. The van der Waals surface area contributed by atoms with Crippen molar-refractivity contribution in [3.05, 3.63) is 30.2 Å². The molecule has 31 heavy (non-hydrogen) atoms. The summed E-state index contributed by atoms with van der Waals surface area (Å²) >= 11 is 0. The summed E-state index contributed by atoms with van der Waals surface area (Å²) in [5, 5.41) is 7.77. The smallest absolute Gasteiger partial charge is 0.228 e. The minimum Gasteiger partial charge on any atom is -0.562 e. The van der Waals surface area contributed by atoms with E-state index in [0.29, 0.717) is 5.82 Å². The zero-order chi connectivity index (χ0) is 22.6. The molecule has 1 saturated carbocycles. The molecule has 1 amide bonds. The molecule has 7 heteroatoms. The van der Waals surface area contributed by atoms with Gasteiger partial charge in [-0.3, -0.25) is 9.48 Å². The van der Waals surface area contributed by atoms with Crippen molar-refractivity contribution in [1.29, 1.82) is 0 Å².